The molecule has 0 aliphatic carbocycles. The topological polar surface area (TPSA) is 93.7 Å². The first-order valence-electron chi connectivity index (χ1n) is 8.86. The average molecular weight is 475 g/mol. The molecule has 31 heavy (non-hydrogen) atoms. The molecule has 156 valence electrons. The molecule has 0 N–H and O–H groups in total. The summed E-state index contributed by atoms with van der Waals surface area (Å²) in [6.45, 7) is 0.0115. The van der Waals surface area contributed by atoms with Gasteiger partial charge in [-0.3, -0.25) is 24.6 Å². The molecule has 0 atom stereocenters. The lowest BCUT2D eigenvalue weighted by atomic mass is 10.1. The SMILES string of the molecule is O=C1S/C(=C/c2ccc(-c3ccccc3[N+](=O)[O-])o2)C(=O)N1Cc1ccc(Cl)cc1Cl. The van der Waals surface area contributed by atoms with Gasteiger partial charge < -0.3 is 4.42 Å². The molecule has 1 saturated heterocycles. The summed E-state index contributed by atoms with van der Waals surface area (Å²) in [4.78, 5) is 37.1. The van der Waals surface area contributed by atoms with Gasteiger partial charge in [-0.2, -0.15) is 0 Å². The van der Waals surface area contributed by atoms with Gasteiger partial charge in [0.25, 0.3) is 16.8 Å². The fourth-order valence-corrected chi connectivity index (χ4v) is 4.29. The molecule has 0 radical (unpaired) electrons. The third-order valence-corrected chi connectivity index (χ3v) is 5.98. The zero-order chi connectivity index (χ0) is 22.1. The van der Waals surface area contributed by atoms with Crippen LogP contribution in [-0.4, -0.2) is 21.0 Å². The smallest absolute Gasteiger partial charge is 0.293 e. The van der Waals surface area contributed by atoms with Gasteiger partial charge in [-0.25, -0.2) is 0 Å². The number of carbonyl (C=O) groups excluding carboxylic acids is 2. The van der Waals surface area contributed by atoms with Crippen LogP contribution in [0.15, 0.2) is 63.9 Å². The van der Waals surface area contributed by atoms with Crippen LogP contribution in [0.3, 0.4) is 0 Å². The van der Waals surface area contributed by atoms with E-state index in [-0.39, 0.29) is 22.9 Å². The van der Waals surface area contributed by atoms with Gasteiger partial charge in [-0.05, 0) is 47.7 Å². The van der Waals surface area contributed by atoms with Crippen LogP contribution in [0.2, 0.25) is 10.0 Å². The molecule has 0 spiro atoms. The maximum absolute atomic E-state index is 12.7. The van der Waals surface area contributed by atoms with Crippen molar-refractivity contribution < 1.29 is 18.9 Å². The average Bonchev–Trinajstić information content (AvgIpc) is 3.30. The lowest BCUT2D eigenvalue weighted by Crippen LogP contribution is -2.27. The van der Waals surface area contributed by atoms with Gasteiger partial charge in [0.15, 0.2) is 0 Å². The Hall–Kier alpha value is -3.07. The van der Waals surface area contributed by atoms with E-state index >= 15 is 0 Å². The molecule has 3 aromatic rings. The fourth-order valence-electron chi connectivity index (χ4n) is 3.00. The summed E-state index contributed by atoms with van der Waals surface area (Å²) in [6.07, 6.45) is 1.44. The molecule has 2 heterocycles. The number of carbonyl (C=O) groups is 2. The molecule has 0 bridgehead atoms. The Morgan fingerprint density at radius 1 is 1.10 bits per heavy atom. The number of rotatable bonds is 5. The summed E-state index contributed by atoms with van der Waals surface area (Å²) in [6, 6.07) is 14.2. The molecule has 1 aliphatic heterocycles. The van der Waals surface area contributed by atoms with Gasteiger partial charge in [0, 0.05) is 22.2 Å². The zero-order valence-corrected chi connectivity index (χ0v) is 17.9. The summed E-state index contributed by atoms with van der Waals surface area (Å²) < 4.78 is 5.68. The number of amides is 2. The Balaban J connectivity index is 1.57. The van der Waals surface area contributed by atoms with E-state index in [1.54, 1.807) is 48.5 Å². The van der Waals surface area contributed by atoms with Gasteiger partial charge >= 0.3 is 0 Å². The fraction of sp³-hybridized carbons (Fsp3) is 0.0476. The highest BCUT2D eigenvalue weighted by atomic mass is 35.5. The molecule has 1 aromatic heterocycles. The van der Waals surface area contributed by atoms with Crippen LogP contribution in [0.1, 0.15) is 11.3 Å². The molecular weight excluding hydrogens is 463 g/mol. The highest BCUT2D eigenvalue weighted by Gasteiger charge is 2.35. The van der Waals surface area contributed by atoms with E-state index in [9.17, 15) is 19.7 Å². The van der Waals surface area contributed by atoms with Gasteiger partial charge in [0.1, 0.15) is 11.5 Å². The number of nitrogens with zero attached hydrogens (tertiary/aromatic N) is 2. The van der Waals surface area contributed by atoms with Gasteiger partial charge in [-0.1, -0.05) is 41.4 Å². The zero-order valence-electron chi connectivity index (χ0n) is 15.6. The Kier molecular flexibility index (Phi) is 5.86. The standard InChI is InChI=1S/C21H12Cl2N2O5S/c22-13-6-5-12(16(23)9-13)11-24-20(26)19(31-21(24)27)10-14-7-8-18(30-14)15-3-1-2-4-17(15)25(28)29/h1-10H,11H2/b19-10+. The Morgan fingerprint density at radius 2 is 1.87 bits per heavy atom. The van der Waals surface area contributed by atoms with Gasteiger partial charge in [-0.15, -0.1) is 0 Å². The van der Waals surface area contributed by atoms with Crippen LogP contribution in [0.25, 0.3) is 17.4 Å². The molecule has 2 aromatic carbocycles. The summed E-state index contributed by atoms with van der Waals surface area (Å²) in [5, 5.41) is 11.6. The largest absolute Gasteiger partial charge is 0.456 e. The first-order valence-corrected chi connectivity index (χ1v) is 10.4. The maximum atomic E-state index is 12.7. The van der Waals surface area contributed by atoms with Crippen molar-refractivity contribution in [3.05, 3.63) is 91.0 Å². The minimum atomic E-state index is -0.495. The lowest BCUT2D eigenvalue weighted by Gasteiger charge is -2.13. The van der Waals surface area contributed by atoms with Crippen LogP contribution in [0, 0.1) is 10.1 Å². The van der Waals surface area contributed by atoms with Gasteiger partial charge in [0.05, 0.1) is 21.9 Å². The molecule has 2 amide bonds. The number of halogens is 2. The molecule has 0 unspecified atom stereocenters. The van der Waals surface area contributed by atoms with Gasteiger partial charge in [0.2, 0.25) is 0 Å². The summed E-state index contributed by atoms with van der Waals surface area (Å²) in [7, 11) is 0. The number of nitro groups is 1. The highest BCUT2D eigenvalue weighted by Crippen LogP contribution is 2.36. The van der Waals surface area contributed by atoms with Crippen molar-refractivity contribution in [1.29, 1.82) is 0 Å². The van der Waals surface area contributed by atoms with Crippen LogP contribution in [-0.2, 0) is 11.3 Å². The van der Waals surface area contributed by atoms with Crippen molar-refractivity contribution in [1.82, 2.24) is 4.90 Å². The van der Waals surface area contributed by atoms with Crippen LogP contribution < -0.4 is 0 Å². The Morgan fingerprint density at radius 3 is 2.61 bits per heavy atom. The number of hydrogen-bond donors (Lipinski definition) is 0. The number of furan rings is 1. The Labute approximate surface area is 190 Å². The molecule has 1 aliphatic rings. The summed E-state index contributed by atoms with van der Waals surface area (Å²) in [5.74, 6) is 0.0959. The second-order valence-electron chi connectivity index (χ2n) is 6.48. The molecular formula is C21H12Cl2N2O5S. The number of hydrogen-bond acceptors (Lipinski definition) is 6. The molecule has 10 heteroatoms. The second-order valence-corrected chi connectivity index (χ2v) is 8.32. The van der Waals surface area contributed by atoms with Crippen molar-refractivity contribution in [2.45, 2.75) is 6.54 Å². The first kappa shape index (κ1) is 21.2. The van der Waals surface area contributed by atoms with E-state index in [1.807, 2.05) is 0 Å². The van der Waals surface area contributed by atoms with Crippen molar-refractivity contribution in [2.75, 3.05) is 0 Å². The predicted molar refractivity (Wildman–Crippen MR) is 119 cm³/mol. The summed E-state index contributed by atoms with van der Waals surface area (Å²) >= 11 is 12.8. The minimum absolute atomic E-state index is 0.0115. The van der Waals surface area contributed by atoms with Crippen molar-refractivity contribution in [3.8, 4) is 11.3 Å². The van der Waals surface area contributed by atoms with Crippen molar-refractivity contribution in [3.63, 3.8) is 0 Å². The quantitative estimate of drug-likeness (QED) is 0.241. The maximum Gasteiger partial charge on any atom is 0.293 e. The molecule has 0 saturated carbocycles. The second kappa shape index (κ2) is 8.58. The minimum Gasteiger partial charge on any atom is -0.456 e. The van der Waals surface area contributed by atoms with Crippen molar-refractivity contribution >= 4 is 57.9 Å². The summed E-state index contributed by atoms with van der Waals surface area (Å²) in [5.41, 5.74) is 0.812. The van der Waals surface area contributed by atoms with Crippen LogP contribution >= 0.6 is 35.0 Å². The number of thioether (sulfide) groups is 1. The number of nitro benzene ring substituents is 1. The van der Waals surface area contributed by atoms with E-state index in [2.05, 4.69) is 0 Å². The monoisotopic (exact) mass is 474 g/mol. The van der Waals surface area contributed by atoms with Crippen LogP contribution in [0.4, 0.5) is 10.5 Å². The Bertz CT molecular complexity index is 1250. The molecule has 4 rings (SSSR count). The number of para-hydroxylation sites is 1. The van der Waals surface area contributed by atoms with E-state index in [1.165, 1.54) is 12.1 Å². The van der Waals surface area contributed by atoms with Crippen molar-refractivity contribution in [2.24, 2.45) is 0 Å². The third-order valence-electron chi connectivity index (χ3n) is 4.48. The van der Waals surface area contributed by atoms with E-state index < -0.39 is 16.1 Å². The first-order chi connectivity index (χ1) is 14.8. The third kappa shape index (κ3) is 4.36. The number of imide groups is 1. The van der Waals surface area contributed by atoms with E-state index in [0.29, 0.717) is 26.9 Å². The lowest BCUT2D eigenvalue weighted by molar-refractivity contribution is -0.384. The highest BCUT2D eigenvalue weighted by molar-refractivity contribution is 8.18. The number of benzene rings is 2. The van der Waals surface area contributed by atoms with E-state index in [0.717, 1.165) is 16.7 Å². The predicted octanol–water partition coefficient (Wildman–Crippen LogP) is 6.40. The molecule has 1 fully saturated rings. The normalized spacial score (nSPS) is 15.2. The van der Waals surface area contributed by atoms with Crippen LogP contribution in [0.5, 0.6) is 0 Å². The molecule has 7 nitrogen and oxygen atoms in total. The van der Waals surface area contributed by atoms with E-state index in [4.69, 9.17) is 27.6 Å².